The SMILES string of the molecule is OC1CCC(N(Cc2ccc3cc(F)ccc3n2)c2ccc3ncsc3c2)CC1. The van der Waals surface area contributed by atoms with E-state index in [1.807, 2.05) is 17.6 Å². The summed E-state index contributed by atoms with van der Waals surface area (Å²) in [6, 6.07) is 15.4. The highest BCUT2D eigenvalue weighted by Crippen LogP contribution is 2.32. The minimum Gasteiger partial charge on any atom is -0.393 e. The molecule has 1 N–H and O–H groups in total. The van der Waals surface area contributed by atoms with Gasteiger partial charge in [-0.2, -0.15) is 0 Å². The van der Waals surface area contributed by atoms with Crippen LogP contribution in [0.3, 0.4) is 0 Å². The summed E-state index contributed by atoms with van der Waals surface area (Å²) in [6.45, 7) is 0.679. The maximum atomic E-state index is 13.5. The standard InChI is InChI=1S/C23H22FN3OS/c24-16-2-9-21-15(11-16)1-3-17(26-21)13-27(18-4-7-20(28)8-5-18)19-6-10-22-23(12-19)29-14-25-22/h1-3,6,9-12,14,18,20,28H,4-5,7-8,13H2. The molecule has 0 saturated heterocycles. The fourth-order valence-electron chi connectivity index (χ4n) is 4.22. The van der Waals surface area contributed by atoms with Crippen molar-refractivity contribution in [1.29, 1.82) is 0 Å². The van der Waals surface area contributed by atoms with Crippen molar-refractivity contribution in [2.24, 2.45) is 0 Å². The quantitative estimate of drug-likeness (QED) is 0.499. The number of thiazole rings is 1. The molecule has 4 nitrogen and oxygen atoms in total. The fraction of sp³-hybridized carbons (Fsp3) is 0.304. The zero-order valence-electron chi connectivity index (χ0n) is 16.0. The molecule has 29 heavy (non-hydrogen) atoms. The van der Waals surface area contributed by atoms with Gasteiger partial charge in [-0.1, -0.05) is 6.07 Å². The number of aliphatic hydroxyl groups excluding tert-OH is 1. The summed E-state index contributed by atoms with van der Waals surface area (Å²) in [7, 11) is 0. The van der Waals surface area contributed by atoms with Gasteiger partial charge in [-0.25, -0.2) is 9.37 Å². The van der Waals surface area contributed by atoms with E-state index in [2.05, 4.69) is 28.1 Å². The Balaban J connectivity index is 1.50. The van der Waals surface area contributed by atoms with Crippen LogP contribution in [0.15, 0.2) is 54.0 Å². The van der Waals surface area contributed by atoms with Crippen molar-refractivity contribution in [2.75, 3.05) is 4.90 Å². The molecule has 0 bridgehead atoms. The van der Waals surface area contributed by atoms with Crippen molar-refractivity contribution in [3.8, 4) is 0 Å². The number of benzene rings is 2. The normalized spacial score (nSPS) is 19.7. The smallest absolute Gasteiger partial charge is 0.123 e. The summed E-state index contributed by atoms with van der Waals surface area (Å²) < 4.78 is 14.7. The first-order valence-corrected chi connectivity index (χ1v) is 10.9. The lowest BCUT2D eigenvalue weighted by molar-refractivity contribution is 0.121. The van der Waals surface area contributed by atoms with E-state index in [1.165, 1.54) is 16.8 Å². The first-order valence-electron chi connectivity index (χ1n) is 9.99. The lowest BCUT2D eigenvalue weighted by Gasteiger charge is -2.37. The topological polar surface area (TPSA) is 49.2 Å². The largest absolute Gasteiger partial charge is 0.393 e. The second-order valence-corrected chi connectivity index (χ2v) is 8.62. The predicted molar refractivity (Wildman–Crippen MR) is 116 cm³/mol. The number of aliphatic hydroxyl groups is 1. The molecule has 6 heteroatoms. The zero-order valence-corrected chi connectivity index (χ0v) is 16.8. The summed E-state index contributed by atoms with van der Waals surface area (Å²) >= 11 is 1.65. The molecule has 1 aliphatic carbocycles. The Morgan fingerprint density at radius 2 is 1.83 bits per heavy atom. The van der Waals surface area contributed by atoms with Crippen LogP contribution in [0, 0.1) is 5.82 Å². The van der Waals surface area contributed by atoms with E-state index >= 15 is 0 Å². The second-order valence-electron chi connectivity index (χ2n) is 7.73. The van der Waals surface area contributed by atoms with Gasteiger partial charge in [-0.05, 0) is 68.1 Å². The minimum absolute atomic E-state index is 0.189. The van der Waals surface area contributed by atoms with Crippen LogP contribution in [0.2, 0.25) is 0 Å². The van der Waals surface area contributed by atoms with Gasteiger partial charge in [0.2, 0.25) is 0 Å². The van der Waals surface area contributed by atoms with Gasteiger partial charge in [-0.3, -0.25) is 4.98 Å². The number of aromatic nitrogens is 2. The molecule has 0 radical (unpaired) electrons. The van der Waals surface area contributed by atoms with E-state index in [0.29, 0.717) is 12.6 Å². The lowest BCUT2D eigenvalue weighted by Crippen LogP contribution is -2.39. The van der Waals surface area contributed by atoms with Crippen LogP contribution < -0.4 is 4.90 Å². The van der Waals surface area contributed by atoms with Gasteiger partial charge in [0.1, 0.15) is 5.82 Å². The number of anilines is 1. The molecule has 4 aromatic rings. The number of rotatable bonds is 4. The summed E-state index contributed by atoms with van der Waals surface area (Å²) in [5.41, 5.74) is 5.81. The van der Waals surface area contributed by atoms with Crippen molar-refractivity contribution < 1.29 is 9.50 Å². The second kappa shape index (κ2) is 7.69. The van der Waals surface area contributed by atoms with E-state index < -0.39 is 0 Å². The van der Waals surface area contributed by atoms with Crippen LogP contribution in [0.25, 0.3) is 21.1 Å². The molecule has 1 saturated carbocycles. The van der Waals surface area contributed by atoms with Gasteiger partial charge in [0, 0.05) is 17.1 Å². The lowest BCUT2D eigenvalue weighted by atomic mass is 9.91. The number of nitrogens with zero attached hydrogens (tertiary/aromatic N) is 3. The number of pyridine rings is 1. The third kappa shape index (κ3) is 3.82. The van der Waals surface area contributed by atoms with Gasteiger partial charge in [0.25, 0.3) is 0 Å². The summed E-state index contributed by atoms with van der Waals surface area (Å²) in [5.74, 6) is -0.243. The Kier molecular flexibility index (Phi) is 4.89. The van der Waals surface area contributed by atoms with Crippen LogP contribution >= 0.6 is 11.3 Å². The maximum Gasteiger partial charge on any atom is 0.123 e. The molecular weight excluding hydrogens is 385 g/mol. The molecule has 0 aliphatic heterocycles. The van der Waals surface area contributed by atoms with Crippen LogP contribution in [0.1, 0.15) is 31.4 Å². The maximum absolute atomic E-state index is 13.5. The monoisotopic (exact) mass is 407 g/mol. The van der Waals surface area contributed by atoms with Crippen LogP contribution in [-0.4, -0.2) is 27.2 Å². The van der Waals surface area contributed by atoms with E-state index in [0.717, 1.165) is 53.5 Å². The van der Waals surface area contributed by atoms with E-state index in [1.54, 1.807) is 17.4 Å². The third-order valence-corrected chi connectivity index (χ3v) is 6.59. The predicted octanol–water partition coefficient (Wildman–Crippen LogP) is 5.29. The van der Waals surface area contributed by atoms with Crippen LogP contribution in [0.4, 0.5) is 10.1 Å². The van der Waals surface area contributed by atoms with Gasteiger partial charge in [-0.15, -0.1) is 11.3 Å². The molecule has 1 aliphatic rings. The number of fused-ring (bicyclic) bond motifs is 2. The van der Waals surface area contributed by atoms with Gasteiger partial charge in [0.05, 0.1) is 39.6 Å². The number of halogens is 1. The minimum atomic E-state index is -0.243. The highest BCUT2D eigenvalue weighted by atomic mass is 32.1. The van der Waals surface area contributed by atoms with Crippen LogP contribution in [0.5, 0.6) is 0 Å². The Morgan fingerprint density at radius 1 is 1.00 bits per heavy atom. The summed E-state index contributed by atoms with van der Waals surface area (Å²) in [6.07, 6.45) is 3.38. The average molecular weight is 408 g/mol. The van der Waals surface area contributed by atoms with Gasteiger partial charge >= 0.3 is 0 Å². The summed E-state index contributed by atoms with van der Waals surface area (Å²) in [5, 5.41) is 10.8. The summed E-state index contributed by atoms with van der Waals surface area (Å²) in [4.78, 5) is 11.6. The van der Waals surface area contributed by atoms with Crippen molar-refractivity contribution in [3.05, 3.63) is 65.6 Å². The first kappa shape index (κ1) is 18.5. The Bertz CT molecular complexity index is 1150. The van der Waals surface area contributed by atoms with Crippen molar-refractivity contribution in [1.82, 2.24) is 9.97 Å². The zero-order chi connectivity index (χ0) is 19.8. The molecule has 0 unspecified atom stereocenters. The highest BCUT2D eigenvalue weighted by molar-refractivity contribution is 7.16. The molecule has 1 fully saturated rings. The Hall–Kier alpha value is -2.57. The Morgan fingerprint density at radius 3 is 2.69 bits per heavy atom. The Labute approximate surface area is 172 Å². The highest BCUT2D eigenvalue weighted by Gasteiger charge is 2.26. The molecule has 2 aromatic carbocycles. The van der Waals surface area contributed by atoms with Gasteiger partial charge < -0.3 is 10.0 Å². The number of hydrogen-bond donors (Lipinski definition) is 1. The molecular formula is C23H22FN3OS. The average Bonchev–Trinajstić information content (AvgIpc) is 3.21. The molecule has 0 atom stereocenters. The van der Waals surface area contributed by atoms with E-state index in [9.17, 15) is 9.50 Å². The molecule has 148 valence electrons. The molecule has 2 heterocycles. The van der Waals surface area contributed by atoms with Crippen molar-refractivity contribution in [3.63, 3.8) is 0 Å². The van der Waals surface area contributed by atoms with Crippen molar-refractivity contribution in [2.45, 2.75) is 44.4 Å². The molecule has 5 rings (SSSR count). The number of hydrogen-bond acceptors (Lipinski definition) is 5. The molecule has 2 aromatic heterocycles. The fourth-order valence-corrected chi connectivity index (χ4v) is 4.93. The van der Waals surface area contributed by atoms with E-state index in [-0.39, 0.29) is 11.9 Å². The molecule has 0 spiro atoms. The molecule has 0 amide bonds. The van der Waals surface area contributed by atoms with E-state index in [4.69, 9.17) is 4.98 Å². The van der Waals surface area contributed by atoms with Crippen molar-refractivity contribution >= 4 is 38.1 Å². The van der Waals surface area contributed by atoms with Gasteiger partial charge in [0.15, 0.2) is 0 Å². The van der Waals surface area contributed by atoms with Crippen LogP contribution in [-0.2, 0) is 6.54 Å². The third-order valence-electron chi connectivity index (χ3n) is 5.79. The first-order chi connectivity index (χ1) is 14.2.